The van der Waals surface area contributed by atoms with Gasteiger partial charge < -0.3 is 5.73 Å². The van der Waals surface area contributed by atoms with Crippen molar-refractivity contribution in [2.24, 2.45) is 0 Å². The summed E-state index contributed by atoms with van der Waals surface area (Å²) in [5.74, 6) is -0.187. The number of aryl methyl sites for hydroxylation is 2. The number of hydrogen-bond donors (Lipinski definition) is 2. The Morgan fingerprint density at radius 1 is 1.33 bits per heavy atom. The molecule has 0 radical (unpaired) electrons. The van der Waals surface area contributed by atoms with E-state index in [-0.39, 0.29) is 23.2 Å². The molecule has 1 aliphatic rings. The molecule has 27 heavy (non-hydrogen) atoms. The predicted molar refractivity (Wildman–Crippen MR) is 99.3 cm³/mol. The van der Waals surface area contributed by atoms with E-state index in [9.17, 15) is 14.4 Å². The molecule has 0 aliphatic heterocycles. The number of nitrogens with two attached hydrogens (primary N) is 1. The maximum Gasteiger partial charge on any atom is 0.330 e. The maximum absolute atomic E-state index is 12.6. The van der Waals surface area contributed by atoms with Crippen LogP contribution in [0.25, 0.3) is 5.78 Å². The summed E-state index contributed by atoms with van der Waals surface area (Å²) in [7, 11) is 0. The summed E-state index contributed by atoms with van der Waals surface area (Å²) in [6.45, 7) is 3.75. The van der Waals surface area contributed by atoms with Gasteiger partial charge in [0.2, 0.25) is 5.16 Å². The molecule has 11 heteroatoms. The fraction of sp³-hybridized carbons (Fsp3) is 0.375. The summed E-state index contributed by atoms with van der Waals surface area (Å²) < 4.78 is 2.88. The van der Waals surface area contributed by atoms with Gasteiger partial charge in [-0.05, 0) is 32.8 Å². The average molecular weight is 387 g/mol. The van der Waals surface area contributed by atoms with Crippen LogP contribution in [-0.2, 0) is 0 Å². The fourth-order valence-corrected chi connectivity index (χ4v) is 3.63. The number of H-pyrrole nitrogens is 1. The Morgan fingerprint density at radius 2 is 2.07 bits per heavy atom. The number of hydrogen-bond acceptors (Lipinski definition) is 8. The first kappa shape index (κ1) is 17.5. The van der Waals surface area contributed by atoms with Crippen LogP contribution >= 0.6 is 11.8 Å². The molecule has 0 amide bonds. The third kappa shape index (κ3) is 3.14. The molecule has 0 aromatic carbocycles. The molecule has 140 valence electrons. The van der Waals surface area contributed by atoms with E-state index in [0.717, 1.165) is 36.0 Å². The molecule has 3 aromatic heterocycles. The van der Waals surface area contributed by atoms with Crippen molar-refractivity contribution in [1.29, 1.82) is 0 Å². The van der Waals surface area contributed by atoms with Crippen molar-refractivity contribution in [1.82, 2.24) is 29.1 Å². The van der Waals surface area contributed by atoms with Gasteiger partial charge in [0.1, 0.15) is 11.4 Å². The van der Waals surface area contributed by atoms with E-state index in [2.05, 4.69) is 20.1 Å². The smallest absolute Gasteiger partial charge is 0.330 e. The minimum absolute atomic E-state index is 0.0500. The zero-order valence-corrected chi connectivity index (χ0v) is 15.5. The molecule has 3 N–H and O–H groups in total. The lowest BCUT2D eigenvalue weighted by Crippen LogP contribution is -2.36. The highest BCUT2D eigenvalue weighted by molar-refractivity contribution is 7.99. The van der Waals surface area contributed by atoms with Crippen LogP contribution in [0.3, 0.4) is 0 Å². The third-order valence-electron chi connectivity index (χ3n) is 4.30. The van der Waals surface area contributed by atoms with E-state index in [0.29, 0.717) is 10.9 Å². The Hall–Kier alpha value is -2.95. The van der Waals surface area contributed by atoms with Crippen molar-refractivity contribution in [2.75, 3.05) is 11.5 Å². The molecular formula is C16H17N7O3S. The Bertz CT molecular complexity index is 1190. The number of nitrogens with one attached hydrogen (secondary N) is 1. The zero-order chi connectivity index (χ0) is 19.3. The highest BCUT2D eigenvalue weighted by atomic mass is 32.2. The first-order chi connectivity index (χ1) is 12.8. The lowest BCUT2D eigenvalue weighted by Gasteiger charge is -2.10. The molecule has 0 saturated heterocycles. The maximum atomic E-state index is 12.6. The van der Waals surface area contributed by atoms with E-state index in [1.807, 2.05) is 19.9 Å². The van der Waals surface area contributed by atoms with Crippen LogP contribution in [0.2, 0.25) is 0 Å². The molecule has 1 saturated carbocycles. The quantitative estimate of drug-likeness (QED) is 0.476. The molecule has 1 fully saturated rings. The van der Waals surface area contributed by atoms with Gasteiger partial charge in [-0.2, -0.15) is 4.98 Å². The summed E-state index contributed by atoms with van der Waals surface area (Å²) >= 11 is 1.09. The number of ketones is 1. The number of aromatic amines is 1. The SMILES string of the molecule is Cc1cc(C)n2nc(SCC(=O)c3c(N)n(C4CC4)c(=O)[nH]c3=O)nc2n1. The van der Waals surface area contributed by atoms with Crippen LogP contribution in [0, 0.1) is 13.8 Å². The van der Waals surface area contributed by atoms with E-state index >= 15 is 0 Å². The number of nitrogens with zero attached hydrogens (tertiary/aromatic N) is 5. The van der Waals surface area contributed by atoms with Gasteiger partial charge in [-0.15, -0.1) is 5.10 Å². The number of thioether (sulfide) groups is 1. The Morgan fingerprint density at radius 3 is 2.78 bits per heavy atom. The zero-order valence-electron chi connectivity index (χ0n) is 14.7. The van der Waals surface area contributed by atoms with Crippen molar-refractivity contribution in [3.8, 4) is 0 Å². The molecular weight excluding hydrogens is 370 g/mol. The lowest BCUT2D eigenvalue weighted by molar-refractivity contribution is 0.102. The van der Waals surface area contributed by atoms with Gasteiger partial charge in [0.05, 0.1) is 5.75 Å². The minimum atomic E-state index is -0.768. The van der Waals surface area contributed by atoms with Crippen molar-refractivity contribution in [3.05, 3.63) is 43.9 Å². The Kier molecular flexibility index (Phi) is 4.10. The van der Waals surface area contributed by atoms with Crippen molar-refractivity contribution >= 4 is 29.1 Å². The fourth-order valence-electron chi connectivity index (χ4n) is 2.94. The predicted octanol–water partition coefficient (Wildman–Crippen LogP) is 0.483. The number of Topliss-reactive ketones (excluding diaryl/α,β-unsaturated/α-hetero) is 1. The lowest BCUT2D eigenvalue weighted by atomic mass is 10.2. The minimum Gasteiger partial charge on any atom is -0.384 e. The van der Waals surface area contributed by atoms with Crippen LogP contribution < -0.4 is 17.0 Å². The van der Waals surface area contributed by atoms with Crippen LogP contribution in [0.4, 0.5) is 5.82 Å². The van der Waals surface area contributed by atoms with Gasteiger partial charge in [0.25, 0.3) is 11.3 Å². The first-order valence-electron chi connectivity index (χ1n) is 8.36. The molecule has 3 heterocycles. The molecule has 0 bridgehead atoms. The number of carbonyl (C=O) groups excluding carboxylic acids is 1. The van der Waals surface area contributed by atoms with Gasteiger partial charge in [-0.25, -0.2) is 14.3 Å². The first-order valence-corrected chi connectivity index (χ1v) is 9.35. The molecule has 3 aromatic rings. The Balaban J connectivity index is 1.60. The summed E-state index contributed by atoms with van der Waals surface area (Å²) in [5.41, 5.74) is 6.12. The largest absolute Gasteiger partial charge is 0.384 e. The third-order valence-corrected chi connectivity index (χ3v) is 5.14. The Labute approximate surface area is 156 Å². The monoisotopic (exact) mass is 387 g/mol. The van der Waals surface area contributed by atoms with Gasteiger partial charge in [-0.3, -0.25) is 19.1 Å². The van der Waals surface area contributed by atoms with Gasteiger partial charge in [-0.1, -0.05) is 11.8 Å². The summed E-state index contributed by atoms with van der Waals surface area (Å²) in [4.78, 5) is 47.4. The molecule has 0 unspecified atom stereocenters. The standard InChI is InChI=1S/C16H17N7O3S/c1-7-5-8(2)23-14(18-7)20-15(21-23)27-6-10(24)11-12(17)22(9-3-4-9)16(26)19-13(11)25/h5,9H,3-4,6,17H2,1-2H3,(H,19,25,26). The second kappa shape index (κ2) is 6.34. The van der Waals surface area contributed by atoms with Crippen molar-refractivity contribution in [3.63, 3.8) is 0 Å². The second-order valence-corrected chi connectivity index (χ2v) is 7.42. The topological polar surface area (TPSA) is 141 Å². The van der Waals surface area contributed by atoms with Gasteiger partial charge >= 0.3 is 5.69 Å². The van der Waals surface area contributed by atoms with E-state index in [1.165, 1.54) is 4.57 Å². The van der Waals surface area contributed by atoms with E-state index < -0.39 is 17.0 Å². The molecule has 1 aliphatic carbocycles. The molecule has 4 rings (SSSR count). The summed E-state index contributed by atoms with van der Waals surface area (Å²) in [6.07, 6.45) is 1.60. The normalized spacial score (nSPS) is 14.0. The highest BCUT2D eigenvalue weighted by Gasteiger charge is 2.30. The van der Waals surface area contributed by atoms with E-state index in [1.54, 1.807) is 4.52 Å². The van der Waals surface area contributed by atoms with Crippen LogP contribution in [0.5, 0.6) is 0 Å². The molecule has 0 spiro atoms. The number of carbonyl (C=O) groups is 1. The van der Waals surface area contributed by atoms with Crippen LogP contribution in [-0.4, -0.2) is 40.7 Å². The number of fused-ring (bicyclic) bond motifs is 1. The van der Waals surface area contributed by atoms with Crippen LogP contribution in [0.15, 0.2) is 20.8 Å². The average Bonchev–Trinajstić information content (AvgIpc) is 3.31. The number of rotatable bonds is 5. The molecule has 0 atom stereocenters. The van der Waals surface area contributed by atoms with Crippen LogP contribution in [0.1, 0.15) is 40.6 Å². The number of aromatic nitrogens is 6. The van der Waals surface area contributed by atoms with Crippen molar-refractivity contribution in [2.45, 2.75) is 37.9 Å². The second-order valence-electron chi connectivity index (χ2n) is 6.48. The van der Waals surface area contributed by atoms with Gasteiger partial charge in [0, 0.05) is 17.4 Å². The molecule has 10 nitrogen and oxygen atoms in total. The number of nitrogen functional groups attached to an aromatic ring is 1. The number of anilines is 1. The van der Waals surface area contributed by atoms with Crippen molar-refractivity contribution < 1.29 is 4.79 Å². The summed E-state index contributed by atoms with van der Waals surface area (Å²) in [5, 5.41) is 4.69. The summed E-state index contributed by atoms with van der Waals surface area (Å²) in [6, 6.07) is 1.83. The highest BCUT2D eigenvalue weighted by Crippen LogP contribution is 2.35. The van der Waals surface area contributed by atoms with Gasteiger partial charge in [0.15, 0.2) is 5.78 Å². The van der Waals surface area contributed by atoms with E-state index in [4.69, 9.17) is 5.73 Å².